The minimum Gasteiger partial charge on any atom is -0.378 e. The van der Waals surface area contributed by atoms with E-state index in [1.54, 1.807) is 6.20 Å². The van der Waals surface area contributed by atoms with Crippen LogP contribution in [-0.2, 0) is 9.53 Å². The number of carbonyl (C=O) groups is 1. The monoisotopic (exact) mass is 442 g/mol. The normalized spacial score (nSPS) is 14.0. The van der Waals surface area contributed by atoms with Gasteiger partial charge in [0.1, 0.15) is 0 Å². The Balaban J connectivity index is 1.36. The molecule has 1 amide bonds. The van der Waals surface area contributed by atoms with Crippen molar-refractivity contribution in [3.05, 3.63) is 65.4 Å². The van der Waals surface area contributed by atoms with Crippen molar-refractivity contribution in [3.63, 3.8) is 0 Å². The summed E-state index contributed by atoms with van der Waals surface area (Å²) >= 11 is 7.64. The second-order valence-electron chi connectivity index (χ2n) is 6.95. The Bertz CT molecular complexity index is 1020. The van der Waals surface area contributed by atoms with Crippen LogP contribution in [0.2, 0.25) is 5.02 Å². The van der Waals surface area contributed by atoms with Gasteiger partial charge in [0.05, 0.1) is 24.7 Å². The highest BCUT2D eigenvalue weighted by atomic mass is 35.5. The van der Waals surface area contributed by atoms with Gasteiger partial charge in [0.15, 0.2) is 5.16 Å². The molecule has 0 saturated carbocycles. The maximum Gasteiger partial charge on any atom is 0.234 e. The van der Waals surface area contributed by atoms with Crippen LogP contribution in [0.4, 0.5) is 11.4 Å². The second kappa shape index (κ2) is 9.55. The summed E-state index contributed by atoms with van der Waals surface area (Å²) in [5, 5.41) is 4.41. The Morgan fingerprint density at radius 2 is 1.97 bits per heavy atom. The number of ether oxygens (including phenoxy) is 1. The van der Waals surface area contributed by atoms with Crippen molar-refractivity contribution in [3.8, 4) is 5.69 Å². The van der Waals surface area contributed by atoms with E-state index in [-0.39, 0.29) is 11.7 Å². The molecule has 6 nitrogen and oxygen atoms in total. The zero-order chi connectivity index (χ0) is 20.9. The van der Waals surface area contributed by atoms with Crippen LogP contribution in [0.5, 0.6) is 0 Å². The molecule has 0 radical (unpaired) electrons. The number of amides is 1. The predicted molar refractivity (Wildman–Crippen MR) is 122 cm³/mol. The minimum atomic E-state index is -0.0727. The smallest absolute Gasteiger partial charge is 0.234 e. The summed E-state index contributed by atoms with van der Waals surface area (Å²) < 4.78 is 7.34. The number of benzene rings is 2. The highest BCUT2D eigenvalue weighted by molar-refractivity contribution is 7.99. The quantitative estimate of drug-likeness (QED) is 0.573. The summed E-state index contributed by atoms with van der Waals surface area (Å²) in [4.78, 5) is 19.1. The van der Waals surface area contributed by atoms with E-state index in [2.05, 4.69) is 15.2 Å². The fraction of sp³-hybridized carbons (Fsp3) is 0.273. The molecule has 4 rings (SSSR count). The average molecular weight is 443 g/mol. The van der Waals surface area contributed by atoms with Crippen LogP contribution in [0.15, 0.2) is 60.0 Å². The van der Waals surface area contributed by atoms with Crippen molar-refractivity contribution >= 4 is 40.6 Å². The molecule has 1 saturated heterocycles. The highest BCUT2D eigenvalue weighted by Gasteiger charge is 2.13. The number of morpholine rings is 1. The van der Waals surface area contributed by atoms with Gasteiger partial charge in [0, 0.05) is 41.9 Å². The maximum atomic E-state index is 12.4. The molecule has 3 aromatic rings. The third-order valence-electron chi connectivity index (χ3n) is 4.97. The Morgan fingerprint density at radius 3 is 2.73 bits per heavy atom. The summed E-state index contributed by atoms with van der Waals surface area (Å²) in [6.45, 7) is 5.25. The van der Waals surface area contributed by atoms with E-state index in [4.69, 9.17) is 16.3 Å². The molecule has 0 bridgehead atoms. The lowest BCUT2D eigenvalue weighted by atomic mass is 10.2. The third-order valence-corrected chi connectivity index (χ3v) is 6.34. The van der Waals surface area contributed by atoms with Crippen LogP contribution < -0.4 is 10.2 Å². The number of hydrogen-bond donors (Lipinski definition) is 1. The van der Waals surface area contributed by atoms with Crippen molar-refractivity contribution < 1.29 is 9.53 Å². The largest absolute Gasteiger partial charge is 0.378 e. The first-order chi connectivity index (χ1) is 14.6. The van der Waals surface area contributed by atoms with E-state index in [1.165, 1.54) is 11.8 Å². The Labute approximate surface area is 185 Å². The van der Waals surface area contributed by atoms with E-state index in [0.29, 0.717) is 5.02 Å². The zero-order valence-electron chi connectivity index (χ0n) is 16.7. The van der Waals surface area contributed by atoms with Crippen molar-refractivity contribution in [1.29, 1.82) is 0 Å². The van der Waals surface area contributed by atoms with Crippen LogP contribution in [0.3, 0.4) is 0 Å². The second-order valence-corrected chi connectivity index (χ2v) is 8.30. The lowest BCUT2D eigenvalue weighted by Gasteiger charge is -2.28. The molecule has 1 aliphatic rings. The van der Waals surface area contributed by atoms with E-state index in [0.717, 1.165) is 54.1 Å². The number of rotatable bonds is 6. The molecular formula is C22H23ClN4O2S. The fourth-order valence-electron chi connectivity index (χ4n) is 3.34. The molecule has 0 unspecified atom stereocenters. The molecule has 1 fully saturated rings. The first kappa shape index (κ1) is 20.8. The topological polar surface area (TPSA) is 59.4 Å². The molecule has 30 heavy (non-hydrogen) atoms. The third kappa shape index (κ3) is 4.80. The molecule has 0 atom stereocenters. The van der Waals surface area contributed by atoms with Gasteiger partial charge in [-0.1, -0.05) is 29.4 Å². The molecule has 0 aliphatic carbocycles. The van der Waals surface area contributed by atoms with Crippen molar-refractivity contribution in [1.82, 2.24) is 9.55 Å². The first-order valence-electron chi connectivity index (χ1n) is 9.76. The summed E-state index contributed by atoms with van der Waals surface area (Å²) in [5.74, 6) is 0.193. The van der Waals surface area contributed by atoms with E-state index < -0.39 is 0 Å². The van der Waals surface area contributed by atoms with Crippen molar-refractivity contribution in [2.75, 3.05) is 42.3 Å². The highest BCUT2D eigenvalue weighted by Crippen LogP contribution is 2.27. The van der Waals surface area contributed by atoms with Gasteiger partial charge in [-0.05, 0) is 48.9 Å². The van der Waals surface area contributed by atoms with E-state index in [1.807, 2.05) is 60.2 Å². The number of carbonyl (C=O) groups excluding carboxylic acids is 1. The van der Waals surface area contributed by atoms with E-state index >= 15 is 0 Å². The summed E-state index contributed by atoms with van der Waals surface area (Å²) in [6.07, 6.45) is 3.61. The van der Waals surface area contributed by atoms with Gasteiger partial charge >= 0.3 is 0 Å². The lowest BCUT2D eigenvalue weighted by molar-refractivity contribution is -0.113. The maximum absolute atomic E-state index is 12.4. The molecule has 1 aromatic heterocycles. The van der Waals surface area contributed by atoms with Crippen molar-refractivity contribution in [2.45, 2.75) is 12.1 Å². The Kier molecular flexibility index (Phi) is 6.62. The molecule has 0 spiro atoms. The summed E-state index contributed by atoms with van der Waals surface area (Å²) in [5.41, 5.74) is 3.86. The van der Waals surface area contributed by atoms with Gasteiger partial charge in [0.25, 0.3) is 0 Å². The van der Waals surface area contributed by atoms with Gasteiger partial charge in [-0.2, -0.15) is 0 Å². The number of halogens is 1. The number of nitrogens with zero attached hydrogens (tertiary/aromatic N) is 3. The molecule has 1 N–H and O–H groups in total. The van der Waals surface area contributed by atoms with Crippen LogP contribution >= 0.6 is 23.4 Å². The SMILES string of the molecule is Cc1c(Cl)cccc1-n1ccnc1SCC(=O)Nc1ccc(N2CCOCC2)cc1. The van der Waals surface area contributed by atoms with Gasteiger partial charge in [-0.25, -0.2) is 4.98 Å². The summed E-state index contributed by atoms with van der Waals surface area (Å²) in [7, 11) is 0. The van der Waals surface area contributed by atoms with Crippen molar-refractivity contribution in [2.24, 2.45) is 0 Å². The standard InChI is InChI=1S/C22H23ClN4O2S/c1-16-19(23)3-2-4-20(16)27-10-9-24-22(27)30-15-21(28)25-17-5-7-18(8-6-17)26-11-13-29-14-12-26/h2-10H,11-15H2,1H3,(H,25,28). The van der Waals surface area contributed by atoms with Gasteiger partial charge in [-0.15, -0.1) is 0 Å². The number of anilines is 2. The number of hydrogen-bond acceptors (Lipinski definition) is 5. The summed E-state index contributed by atoms with van der Waals surface area (Å²) in [6, 6.07) is 13.7. The van der Waals surface area contributed by atoms with Gasteiger partial charge in [0.2, 0.25) is 5.91 Å². The van der Waals surface area contributed by atoms with Gasteiger partial charge < -0.3 is 15.0 Å². The number of nitrogens with one attached hydrogen (secondary N) is 1. The minimum absolute atomic E-state index is 0.0727. The number of thioether (sulfide) groups is 1. The van der Waals surface area contributed by atoms with Crippen LogP contribution in [0, 0.1) is 6.92 Å². The molecule has 156 valence electrons. The Hall–Kier alpha value is -2.48. The van der Waals surface area contributed by atoms with E-state index in [9.17, 15) is 4.79 Å². The number of imidazole rings is 1. The van der Waals surface area contributed by atoms with Gasteiger partial charge in [-0.3, -0.25) is 9.36 Å². The van der Waals surface area contributed by atoms with Crippen LogP contribution in [0.1, 0.15) is 5.56 Å². The Morgan fingerprint density at radius 1 is 1.20 bits per heavy atom. The molecule has 1 aliphatic heterocycles. The van der Waals surface area contributed by atoms with Crippen LogP contribution in [-0.4, -0.2) is 47.5 Å². The molecular weight excluding hydrogens is 420 g/mol. The number of aromatic nitrogens is 2. The molecule has 2 heterocycles. The molecule has 2 aromatic carbocycles. The predicted octanol–water partition coefficient (Wildman–Crippen LogP) is 4.40. The molecule has 8 heteroatoms. The first-order valence-corrected chi connectivity index (χ1v) is 11.1. The fourth-order valence-corrected chi connectivity index (χ4v) is 4.28. The van der Waals surface area contributed by atoms with Crippen LogP contribution in [0.25, 0.3) is 5.69 Å². The lowest BCUT2D eigenvalue weighted by Crippen LogP contribution is -2.36. The average Bonchev–Trinajstić information content (AvgIpc) is 3.24. The zero-order valence-corrected chi connectivity index (χ0v) is 18.2.